The van der Waals surface area contributed by atoms with E-state index in [0.29, 0.717) is 12.1 Å². The molecule has 0 spiro atoms. The summed E-state index contributed by atoms with van der Waals surface area (Å²) in [4.78, 5) is 10.7. The fraction of sp³-hybridized carbons (Fsp3) is 0.100. The van der Waals surface area contributed by atoms with Crippen molar-refractivity contribution in [3.8, 4) is 0 Å². The van der Waals surface area contributed by atoms with Gasteiger partial charge >= 0.3 is 0 Å². The molecule has 0 N–H and O–H groups in total. The number of alkyl halides is 1. The lowest BCUT2D eigenvalue weighted by Gasteiger charge is -1.98. The van der Waals surface area contributed by atoms with Gasteiger partial charge in [0.25, 0.3) is 0 Å². The molecule has 0 unspecified atom stereocenters. The Labute approximate surface area is 89.2 Å². The minimum absolute atomic E-state index is 0.277. The van der Waals surface area contributed by atoms with Crippen LogP contribution in [0.4, 0.5) is 13.2 Å². The molecule has 0 heterocycles. The normalized spacial score (nSPS) is 10.9. The van der Waals surface area contributed by atoms with Gasteiger partial charge in [-0.25, -0.2) is 13.2 Å². The van der Waals surface area contributed by atoms with Gasteiger partial charge < -0.3 is 0 Å². The second kappa shape index (κ2) is 4.98. The second-order valence-corrected chi connectivity index (χ2v) is 2.98. The monoisotopic (exact) mass is 234 g/mol. The number of hydrogen-bond donors (Lipinski definition) is 0. The van der Waals surface area contributed by atoms with Gasteiger partial charge in [0.1, 0.15) is 17.5 Å². The van der Waals surface area contributed by atoms with Crippen LogP contribution >= 0.6 is 11.6 Å². The van der Waals surface area contributed by atoms with Gasteiger partial charge in [-0.15, -0.1) is 11.6 Å². The molecule has 0 aromatic heterocycles. The average molecular weight is 235 g/mol. The van der Waals surface area contributed by atoms with Crippen molar-refractivity contribution in [1.82, 2.24) is 0 Å². The van der Waals surface area contributed by atoms with E-state index in [1.807, 2.05) is 0 Å². The molecule has 1 aromatic carbocycles. The maximum Gasteiger partial charge on any atom is 0.170 e. The molecule has 80 valence electrons. The third-order valence-corrected chi connectivity index (χ3v) is 1.87. The van der Waals surface area contributed by atoms with Crippen LogP contribution in [0, 0.1) is 17.5 Å². The van der Waals surface area contributed by atoms with Crippen molar-refractivity contribution in [2.75, 3.05) is 5.88 Å². The molecule has 0 aliphatic rings. The van der Waals surface area contributed by atoms with E-state index in [1.165, 1.54) is 0 Å². The summed E-state index contributed by atoms with van der Waals surface area (Å²) in [7, 11) is 0. The number of carbonyl (C=O) groups excluding carboxylic acids is 1. The third kappa shape index (κ3) is 3.09. The third-order valence-electron chi connectivity index (χ3n) is 1.61. The Hall–Kier alpha value is -1.29. The molecule has 0 saturated carbocycles. The quantitative estimate of drug-likeness (QED) is 0.581. The van der Waals surface area contributed by atoms with Crippen molar-refractivity contribution in [2.45, 2.75) is 0 Å². The van der Waals surface area contributed by atoms with Crippen molar-refractivity contribution >= 4 is 23.5 Å². The molecule has 5 heteroatoms. The van der Waals surface area contributed by atoms with E-state index < -0.39 is 28.8 Å². The van der Waals surface area contributed by atoms with Crippen molar-refractivity contribution in [1.29, 1.82) is 0 Å². The lowest BCUT2D eigenvalue weighted by molar-refractivity contribution is -0.112. The highest BCUT2D eigenvalue weighted by Gasteiger charge is 2.08. The number of rotatable bonds is 3. The summed E-state index contributed by atoms with van der Waals surface area (Å²) in [6, 6.07) is 1.07. The number of carbonyl (C=O) groups is 1. The van der Waals surface area contributed by atoms with Gasteiger partial charge in [-0.2, -0.15) is 0 Å². The molecule has 0 radical (unpaired) electrons. The van der Waals surface area contributed by atoms with E-state index >= 15 is 0 Å². The molecular formula is C10H6ClF3O. The van der Waals surface area contributed by atoms with Crippen LogP contribution in [0.25, 0.3) is 6.08 Å². The molecule has 0 bridgehead atoms. The van der Waals surface area contributed by atoms with E-state index in [1.54, 1.807) is 0 Å². The first-order chi connectivity index (χ1) is 7.04. The molecule has 1 nitrogen and oxygen atoms in total. The van der Waals surface area contributed by atoms with E-state index in [2.05, 4.69) is 0 Å². The molecular weight excluding hydrogens is 229 g/mol. The molecule has 0 aliphatic carbocycles. The average Bonchev–Trinajstić information content (AvgIpc) is 2.15. The Morgan fingerprint density at radius 2 is 1.80 bits per heavy atom. The van der Waals surface area contributed by atoms with Gasteiger partial charge in [0.05, 0.1) is 5.88 Å². The van der Waals surface area contributed by atoms with Gasteiger partial charge in [0.15, 0.2) is 5.78 Å². The molecule has 0 saturated heterocycles. The SMILES string of the molecule is O=C(C=Cc1c(F)cc(F)cc1F)CCl. The molecule has 0 aliphatic heterocycles. The number of ketones is 1. The first-order valence-corrected chi connectivity index (χ1v) is 4.49. The van der Waals surface area contributed by atoms with Crippen molar-refractivity contribution in [2.24, 2.45) is 0 Å². The Balaban J connectivity index is 3.05. The zero-order valence-corrected chi connectivity index (χ0v) is 8.19. The summed E-state index contributed by atoms with van der Waals surface area (Å²) < 4.78 is 38.5. The molecule has 0 amide bonds. The summed E-state index contributed by atoms with van der Waals surface area (Å²) >= 11 is 5.17. The van der Waals surface area contributed by atoms with Crippen LogP contribution in [0.1, 0.15) is 5.56 Å². The summed E-state index contributed by atoms with van der Waals surface area (Å²) in [6.45, 7) is 0. The molecule has 1 aromatic rings. The largest absolute Gasteiger partial charge is 0.294 e. The zero-order chi connectivity index (χ0) is 11.4. The van der Waals surface area contributed by atoms with E-state index in [-0.39, 0.29) is 5.88 Å². The fourth-order valence-electron chi connectivity index (χ4n) is 0.933. The highest BCUT2D eigenvalue weighted by atomic mass is 35.5. The Kier molecular flexibility index (Phi) is 3.91. The van der Waals surface area contributed by atoms with Crippen LogP contribution in [0.5, 0.6) is 0 Å². The van der Waals surface area contributed by atoms with Crippen LogP contribution in [0.15, 0.2) is 18.2 Å². The highest BCUT2D eigenvalue weighted by molar-refractivity contribution is 6.29. The minimum Gasteiger partial charge on any atom is -0.294 e. The van der Waals surface area contributed by atoms with Gasteiger partial charge in [0.2, 0.25) is 0 Å². The van der Waals surface area contributed by atoms with Gasteiger partial charge in [-0.05, 0) is 12.2 Å². The minimum atomic E-state index is -1.06. The summed E-state index contributed by atoms with van der Waals surface area (Å²) in [5.41, 5.74) is -0.463. The number of halogens is 4. The van der Waals surface area contributed by atoms with Crippen LogP contribution in [-0.4, -0.2) is 11.7 Å². The van der Waals surface area contributed by atoms with Crippen LogP contribution in [-0.2, 0) is 4.79 Å². The molecule has 0 atom stereocenters. The summed E-state index contributed by atoms with van der Waals surface area (Å²) in [6.07, 6.45) is 1.86. The highest BCUT2D eigenvalue weighted by Crippen LogP contribution is 2.16. The Bertz CT molecular complexity index is 392. The fourth-order valence-corrected chi connectivity index (χ4v) is 1.02. The first kappa shape index (κ1) is 11.8. The summed E-state index contributed by atoms with van der Waals surface area (Å²) in [5, 5.41) is 0. The second-order valence-electron chi connectivity index (χ2n) is 2.72. The Morgan fingerprint density at radius 3 is 2.27 bits per heavy atom. The van der Waals surface area contributed by atoms with Crippen molar-refractivity contribution in [3.05, 3.63) is 41.2 Å². The first-order valence-electron chi connectivity index (χ1n) is 3.96. The van der Waals surface area contributed by atoms with Gasteiger partial charge in [0, 0.05) is 17.7 Å². The van der Waals surface area contributed by atoms with Crippen molar-refractivity contribution < 1.29 is 18.0 Å². The molecule has 1 rings (SSSR count). The predicted molar refractivity (Wildman–Crippen MR) is 51.1 cm³/mol. The van der Waals surface area contributed by atoms with E-state index in [9.17, 15) is 18.0 Å². The van der Waals surface area contributed by atoms with E-state index in [4.69, 9.17) is 11.6 Å². The molecule has 15 heavy (non-hydrogen) atoms. The number of benzene rings is 1. The van der Waals surface area contributed by atoms with Crippen molar-refractivity contribution in [3.63, 3.8) is 0 Å². The zero-order valence-electron chi connectivity index (χ0n) is 7.44. The van der Waals surface area contributed by atoms with Gasteiger partial charge in [-0.3, -0.25) is 4.79 Å². The van der Waals surface area contributed by atoms with Gasteiger partial charge in [-0.1, -0.05) is 0 Å². The van der Waals surface area contributed by atoms with Crippen LogP contribution in [0.3, 0.4) is 0 Å². The molecule has 0 fully saturated rings. The standard InChI is InChI=1S/C10H6ClF3O/c11-5-7(15)1-2-8-9(13)3-6(12)4-10(8)14/h1-4H,5H2. The summed E-state index contributed by atoms with van der Waals surface area (Å²) in [5.74, 6) is -3.90. The lowest BCUT2D eigenvalue weighted by atomic mass is 10.1. The topological polar surface area (TPSA) is 17.1 Å². The van der Waals surface area contributed by atoms with Crippen LogP contribution < -0.4 is 0 Å². The van der Waals surface area contributed by atoms with Crippen LogP contribution in [0.2, 0.25) is 0 Å². The number of allylic oxidation sites excluding steroid dienone is 1. The lowest BCUT2D eigenvalue weighted by Crippen LogP contribution is -1.95. The number of hydrogen-bond acceptors (Lipinski definition) is 1. The predicted octanol–water partition coefficient (Wildman–Crippen LogP) is 2.93. The smallest absolute Gasteiger partial charge is 0.170 e. The maximum absolute atomic E-state index is 13.0. The van der Waals surface area contributed by atoms with E-state index in [0.717, 1.165) is 12.2 Å². The Morgan fingerprint density at radius 1 is 1.27 bits per heavy atom. The maximum atomic E-state index is 13.0.